The molecule has 0 spiro atoms. The number of rotatable bonds is 4. The summed E-state index contributed by atoms with van der Waals surface area (Å²) in [4.78, 5) is 24.7. The van der Waals surface area contributed by atoms with E-state index in [1.165, 1.54) is 4.90 Å². The van der Waals surface area contributed by atoms with Crippen LogP contribution in [0.1, 0.15) is 33.1 Å². The molecule has 3 nitrogen and oxygen atoms in total. The lowest BCUT2D eigenvalue weighted by atomic mass is 10.00. The molecular formula is C12H17NO2. The summed E-state index contributed by atoms with van der Waals surface area (Å²) in [6.45, 7) is 4.15. The number of imide groups is 1. The second kappa shape index (κ2) is 4.97. The highest BCUT2D eigenvalue weighted by Gasteiger charge is 2.41. The van der Waals surface area contributed by atoms with E-state index in [-0.39, 0.29) is 23.7 Å². The number of terminal acetylenes is 1. The van der Waals surface area contributed by atoms with Crippen LogP contribution < -0.4 is 0 Å². The van der Waals surface area contributed by atoms with Gasteiger partial charge in [0.05, 0.1) is 0 Å². The van der Waals surface area contributed by atoms with Crippen molar-refractivity contribution in [3.8, 4) is 12.3 Å². The lowest BCUT2D eigenvalue weighted by molar-refractivity contribution is -0.139. The summed E-state index contributed by atoms with van der Waals surface area (Å²) in [6.07, 6.45) is 7.51. The molecule has 0 radical (unpaired) electrons. The van der Waals surface area contributed by atoms with Crippen LogP contribution in [0.3, 0.4) is 0 Å². The van der Waals surface area contributed by atoms with Crippen LogP contribution in [-0.4, -0.2) is 23.3 Å². The number of carbonyl (C=O) groups is 2. The van der Waals surface area contributed by atoms with Gasteiger partial charge in [0.1, 0.15) is 0 Å². The van der Waals surface area contributed by atoms with Gasteiger partial charge in [0.25, 0.3) is 0 Å². The predicted octanol–water partition coefficient (Wildman–Crippen LogP) is 1.43. The van der Waals surface area contributed by atoms with Crippen molar-refractivity contribution in [2.75, 3.05) is 6.54 Å². The van der Waals surface area contributed by atoms with Crippen molar-refractivity contribution < 1.29 is 9.59 Å². The van der Waals surface area contributed by atoms with E-state index in [2.05, 4.69) is 5.92 Å². The largest absolute Gasteiger partial charge is 0.282 e. The number of carbonyl (C=O) groups excluding carboxylic acids is 2. The van der Waals surface area contributed by atoms with Crippen LogP contribution >= 0.6 is 0 Å². The molecule has 2 atom stereocenters. The molecule has 82 valence electrons. The molecule has 2 unspecified atom stereocenters. The van der Waals surface area contributed by atoms with Crippen LogP contribution in [-0.2, 0) is 9.59 Å². The molecule has 3 heteroatoms. The third kappa shape index (κ3) is 2.38. The maximum absolute atomic E-state index is 11.7. The van der Waals surface area contributed by atoms with E-state index in [0.717, 1.165) is 12.8 Å². The second-order valence-corrected chi connectivity index (χ2v) is 4.07. The van der Waals surface area contributed by atoms with E-state index in [1.54, 1.807) is 0 Å². The molecule has 15 heavy (non-hydrogen) atoms. The van der Waals surface area contributed by atoms with E-state index < -0.39 is 0 Å². The first-order valence-corrected chi connectivity index (χ1v) is 5.38. The fourth-order valence-electron chi connectivity index (χ4n) is 1.75. The van der Waals surface area contributed by atoms with E-state index in [0.29, 0.717) is 13.0 Å². The summed E-state index contributed by atoms with van der Waals surface area (Å²) in [5.41, 5.74) is 0. The van der Waals surface area contributed by atoms with E-state index in [4.69, 9.17) is 6.42 Å². The molecule has 0 saturated carbocycles. The van der Waals surface area contributed by atoms with E-state index in [9.17, 15) is 9.59 Å². The molecule has 1 rings (SSSR count). The van der Waals surface area contributed by atoms with Crippen LogP contribution in [0.4, 0.5) is 0 Å². The summed E-state index contributed by atoms with van der Waals surface area (Å²) in [5.74, 6) is 2.15. The van der Waals surface area contributed by atoms with Gasteiger partial charge in [0, 0.05) is 24.8 Å². The smallest absolute Gasteiger partial charge is 0.232 e. The maximum atomic E-state index is 11.7. The van der Waals surface area contributed by atoms with Crippen molar-refractivity contribution in [1.82, 2.24) is 4.90 Å². The molecule has 1 saturated heterocycles. The predicted molar refractivity (Wildman–Crippen MR) is 57.7 cm³/mol. The highest BCUT2D eigenvalue weighted by atomic mass is 16.2. The standard InChI is InChI=1S/C12H17NO2/c1-4-5-6-7-8-13-11(14)9(2)10(3)12(13)15/h1,9-10H,5-8H2,2-3H3. The number of unbranched alkanes of at least 4 members (excludes halogenated alkanes) is 2. The number of hydrogen-bond acceptors (Lipinski definition) is 2. The molecule has 1 heterocycles. The van der Waals surface area contributed by atoms with Gasteiger partial charge in [0.2, 0.25) is 11.8 Å². The topological polar surface area (TPSA) is 37.4 Å². The molecular weight excluding hydrogens is 190 g/mol. The van der Waals surface area contributed by atoms with Crippen LogP contribution in [0.25, 0.3) is 0 Å². The Balaban J connectivity index is 2.46. The summed E-state index contributed by atoms with van der Waals surface area (Å²) in [5, 5.41) is 0. The average molecular weight is 207 g/mol. The minimum Gasteiger partial charge on any atom is -0.282 e. The first-order chi connectivity index (χ1) is 7.09. The fourth-order valence-corrected chi connectivity index (χ4v) is 1.75. The molecule has 1 aliphatic heterocycles. The zero-order valence-electron chi connectivity index (χ0n) is 9.32. The van der Waals surface area contributed by atoms with Gasteiger partial charge in [-0.1, -0.05) is 13.8 Å². The highest BCUT2D eigenvalue weighted by Crippen LogP contribution is 2.25. The fraction of sp³-hybridized carbons (Fsp3) is 0.667. The van der Waals surface area contributed by atoms with Gasteiger partial charge in [-0.15, -0.1) is 12.3 Å². The normalized spacial score (nSPS) is 25.8. The Labute approximate surface area is 90.8 Å². The Morgan fingerprint density at radius 3 is 2.20 bits per heavy atom. The third-order valence-electron chi connectivity index (χ3n) is 3.01. The third-order valence-corrected chi connectivity index (χ3v) is 3.01. The monoisotopic (exact) mass is 207 g/mol. The zero-order chi connectivity index (χ0) is 11.4. The van der Waals surface area contributed by atoms with Gasteiger partial charge >= 0.3 is 0 Å². The summed E-state index contributed by atoms with van der Waals surface area (Å²) in [6, 6.07) is 0. The van der Waals surface area contributed by atoms with Gasteiger partial charge in [-0.2, -0.15) is 0 Å². The Hall–Kier alpha value is -1.30. The lowest BCUT2D eigenvalue weighted by Crippen LogP contribution is -2.31. The Morgan fingerprint density at radius 1 is 1.20 bits per heavy atom. The van der Waals surface area contributed by atoms with Crippen LogP contribution in [0, 0.1) is 24.2 Å². The first kappa shape index (κ1) is 11.8. The lowest BCUT2D eigenvalue weighted by Gasteiger charge is -2.13. The van der Waals surface area contributed by atoms with Crippen LogP contribution in [0.5, 0.6) is 0 Å². The van der Waals surface area contributed by atoms with Crippen molar-refractivity contribution in [2.24, 2.45) is 11.8 Å². The van der Waals surface area contributed by atoms with E-state index >= 15 is 0 Å². The first-order valence-electron chi connectivity index (χ1n) is 5.38. The molecule has 0 N–H and O–H groups in total. The van der Waals surface area contributed by atoms with Gasteiger partial charge < -0.3 is 0 Å². The van der Waals surface area contributed by atoms with Gasteiger partial charge in [0.15, 0.2) is 0 Å². The van der Waals surface area contributed by atoms with Crippen molar-refractivity contribution in [3.63, 3.8) is 0 Å². The summed E-state index contributed by atoms with van der Waals surface area (Å²) >= 11 is 0. The van der Waals surface area contributed by atoms with Gasteiger partial charge in [-0.25, -0.2) is 0 Å². The maximum Gasteiger partial charge on any atom is 0.232 e. The summed E-state index contributed by atoms with van der Waals surface area (Å²) < 4.78 is 0. The molecule has 0 bridgehead atoms. The molecule has 0 aromatic rings. The molecule has 1 aliphatic rings. The number of nitrogens with zero attached hydrogens (tertiary/aromatic N) is 1. The van der Waals surface area contributed by atoms with Crippen molar-refractivity contribution in [1.29, 1.82) is 0 Å². The highest BCUT2D eigenvalue weighted by molar-refractivity contribution is 6.04. The van der Waals surface area contributed by atoms with Crippen LogP contribution in [0.2, 0.25) is 0 Å². The van der Waals surface area contributed by atoms with E-state index in [1.807, 2.05) is 13.8 Å². The summed E-state index contributed by atoms with van der Waals surface area (Å²) in [7, 11) is 0. The van der Waals surface area contributed by atoms with Crippen LogP contribution in [0.15, 0.2) is 0 Å². The molecule has 1 fully saturated rings. The SMILES string of the molecule is C#CCCCCN1C(=O)C(C)C(C)C1=O. The average Bonchev–Trinajstić information content (AvgIpc) is 2.41. The number of hydrogen-bond donors (Lipinski definition) is 0. The molecule has 0 aliphatic carbocycles. The second-order valence-electron chi connectivity index (χ2n) is 4.07. The van der Waals surface area contributed by atoms with Crippen molar-refractivity contribution >= 4 is 11.8 Å². The molecule has 0 aromatic carbocycles. The Bertz CT molecular complexity index is 283. The Kier molecular flexibility index (Phi) is 3.90. The minimum atomic E-state index is -0.162. The molecule has 0 aromatic heterocycles. The minimum absolute atomic E-state index is 0.0341. The number of amides is 2. The quantitative estimate of drug-likeness (QED) is 0.397. The van der Waals surface area contributed by atoms with Gasteiger partial charge in [-0.05, 0) is 12.8 Å². The Morgan fingerprint density at radius 2 is 1.73 bits per heavy atom. The van der Waals surface area contributed by atoms with Crippen molar-refractivity contribution in [3.05, 3.63) is 0 Å². The van der Waals surface area contributed by atoms with Gasteiger partial charge in [-0.3, -0.25) is 14.5 Å². The number of likely N-dealkylation sites (tertiary alicyclic amines) is 1. The molecule has 2 amide bonds. The van der Waals surface area contributed by atoms with Crippen molar-refractivity contribution in [2.45, 2.75) is 33.1 Å². The zero-order valence-corrected chi connectivity index (χ0v) is 9.32.